The van der Waals surface area contributed by atoms with Crippen LogP contribution in [0, 0.1) is 13.8 Å². The molecule has 0 fully saturated rings. The summed E-state index contributed by atoms with van der Waals surface area (Å²) in [4.78, 5) is 11.6. The van der Waals surface area contributed by atoms with Crippen LogP contribution in [0.1, 0.15) is 38.7 Å². The van der Waals surface area contributed by atoms with Gasteiger partial charge in [0.1, 0.15) is 16.9 Å². The zero-order valence-corrected chi connectivity index (χ0v) is 14.5. The molecule has 0 unspecified atom stereocenters. The van der Waals surface area contributed by atoms with E-state index >= 15 is 0 Å². The lowest BCUT2D eigenvalue weighted by molar-refractivity contribution is 0.303. The van der Waals surface area contributed by atoms with Crippen molar-refractivity contribution in [2.75, 3.05) is 31.5 Å². The third-order valence-corrected chi connectivity index (χ3v) is 4.00. The molecule has 2 aromatic rings. The predicted molar refractivity (Wildman–Crippen MR) is 91.4 cm³/mol. The molecule has 0 spiro atoms. The van der Waals surface area contributed by atoms with Crippen LogP contribution in [0.3, 0.4) is 0 Å². The van der Waals surface area contributed by atoms with E-state index in [1.807, 2.05) is 18.5 Å². The first kappa shape index (κ1) is 16.7. The van der Waals surface area contributed by atoms with Crippen LogP contribution in [0.2, 0.25) is 0 Å². The summed E-state index contributed by atoms with van der Waals surface area (Å²) in [6, 6.07) is 0. The van der Waals surface area contributed by atoms with Crippen molar-refractivity contribution in [2.24, 2.45) is 0 Å². The normalized spacial score (nSPS) is 11.5. The number of nitrogens with zero attached hydrogens (tertiary/aromatic N) is 5. The van der Waals surface area contributed by atoms with E-state index in [1.54, 1.807) is 0 Å². The Morgan fingerprint density at radius 2 is 1.82 bits per heavy atom. The zero-order valence-electron chi connectivity index (χ0n) is 14.5. The van der Waals surface area contributed by atoms with Gasteiger partial charge in [0.25, 0.3) is 0 Å². The molecule has 0 aliphatic heterocycles. The monoisotopic (exact) mass is 304 g/mol. The quantitative estimate of drug-likeness (QED) is 0.760. The van der Waals surface area contributed by atoms with Gasteiger partial charge in [0.2, 0.25) is 0 Å². The van der Waals surface area contributed by atoms with Gasteiger partial charge in [-0.05, 0) is 46.8 Å². The van der Waals surface area contributed by atoms with Crippen molar-refractivity contribution in [1.29, 1.82) is 0 Å². The van der Waals surface area contributed by atoms with Gasteiger partial charge in [-0.3, -0.25) is 4.68 Å². The molecule has 2 heterocycles. The second-order valence-electron chi connectivity index (χ2n) is 5.53. The van der Waals surface area contributed by atoms with E-state index < -0.39 is 0 Å². The summed E-state index contributed by atoms with van der Waals surface area (Å²) in [5.74, 6) is 1.70. The Balaban J connectivity index is 2.13. The van der Waals surface area contributed by atoms with Crippen molar-refractivity contribution in [2.45, 2.75) is 47.6 Å². The molecule has 0 radical (unpaired) electrons. The van der Waals surface area contributed by atoms with Crippen LogP contribution in [0.4, 0.5) is 5.82 Å². The fourth-order valence-electron chi connectivity index (χ4n) is 2.74. The first-order valence-electron chi connectivity index (χ1n) is 8.28. The summed E-state index contributed by atoms with van der Waals surface area (Å²) in [7, 11) is 0. The molecule has 0 saturated heterocycles. The van der Waals surface area contributed by atoms with Gasteiger partial charge < -0.3 is 10.2 Å². The van der Waals surface area contributed by atoms with Crippen molar-refractivity contribution < 1.29 is 0 Å². The third-order valence-electron chi connectivity index (χ3n) is 4.00. The lowest BCUT2D eigenvalue weighted by Gasteiger charge is -2.18. The van der Waals surface area contributed by atoms with Crippen LogP contribution in [-0.2, 0) is 6.54 Å². The van der Waals surface area contributed by atoms with Gasteiger partial charge in [0, 0.05) is 13.1 Å². The first-order chi connectivity index (χ1) is 10.6. The van der Waals surface area contributed by atoms with Crippen molar-refractivity contribution in [3.63, 3.8) is 0 Å². The molecular weight excluding hydrogens is 276 g/mol. The van der Waals surface area contributed by atoms with Crippen molar-refractivity contribution in [3.8, 4) is 0 Å². The van der Waals surface area contributed by atoms with E-state index in [0.717, 1.165) is 67.5 Å². The molecule has 2 aromatic heterocycles. The molecule has 6 heteroatoms. The molecule has 122 valence electrons. The lowest BCUT2D eigenvalue weighted by atomic mass is 10.3. The molecule has 6 nitrogen and oxygen atoms in total. The Kier molecular flexibility index (Phi) is 5.71. The second-order valence-corrected chi connectivity index (χ2v) is 5.53. The van der Waals surface area contributed by atoms with Gasteiger partial charge in [-0.2, -0.15) is 5.10 Å². The van der Waals surface area contributed by atoms with Crippen molar-refractivity contribution in [1.82, 2.24) is 24.6 Å². The van der Waals surface area contributed by atoms with Gasteiger partial charge in [0.05, 0.1) is 5.69 Å². The minimum Gasteiger partial charge on any atom is -0.368 e. The third kappa shape index (κ3) is 3.55. The van der Waals surface area contributed by atoms with Crippen LogP contribution in [0.15, 0.2) is 0 Å². The van der Waals surface area contributed by atoms with E-state index in [1.165, 1.54) is 0 Å². The van der Waals surface area contributed by atoms with E-state index in [0.29, 0.717) is 0 Å². The van der Waals surface area contributed by atoms with Crippen LogP contribution in [0.5, 0.6) is 0 Å². The minimum absolute atomic E-state index is 0.789. The maximum atomic E-state index is 4.58. The number of nitrogens with one attached hydrogen (secondary N) is 1. The lowest BCUT2D eigenvalue weighted by Crippen LogP contribution is -2.25. The summed E-state index contributed by atoms with van der Waals surface area (Å²) in [5, 5.41) is 8.04. The maximum Gasteiger partial charge on any atom is 0.156 e. The van der Waals surface area contributed by atoms with Crippen molar-refractivity contribution in [3.05, 3.63) is 11.5 Å². The highest BCUT2D eigenvalue weighted by atomic mass is 15.3. The summed E-state index contributed by atoms with van der Waals surface area (Å²) in [6.07, 6.45) is 1.10. The molecule has 0 saturated carbocycles. The van der Waals surface area contributed by atoms with Crippen molar-refractivity contribution >= 4 is 16.9 Å². The van der Waals surface area contributed by atoms with Gasteiger partial charge in [0.15, 0.2) is 5.82 Å². The highest BCUT2D eigenvalue weighted by molar-refractivity contribution is 5.87. The van der Waals surface area contributed by atoms with E-state index in [9.17, 15) is 0 Å². The highest BCUT2D eigenvalue weighted by Gasteiger charge is 2.14. The molecule has 0 aliphatic rings. The van der Waals surface area contributed by atoms with Gasteiger partial charge in [-0.15, -0.1) is 0 Å². The van der Waals surface area contributed by atoms with E-state index in [2.05, 4.69) is 46.1 Å². The number of hydrogen-bond donors (Lipinski definition) is 1. The Hall–Kier alpha value is -1.69. The Morgan fingerprint density at radius 1 is 1.09 bits per heavy atom. The SMILES string of the molecule is CCN(CC)CCCNc1nc(C)nc2c(C)nn(CC)c12. The number of aryl methyl sites for hydroxylation is 3. The number of rotatable bonds is 8. The zero-order chi connectivity index (χ0) is 16.1. The standard InChI is InChI=1S/C16H28N6/c1-6-21(7-2)11-9-10-17-16-15-14(18-13(5)19-16)12(4)20-22(15)8-3/h6-11H2,1-5H3,(H,17,18,19). The smallest absolute Gasteiger partial charge is 0.156 e. The average molecular weight is 304 g/mol. The topological polar surface area (TPSA) is 58.9 Å². The Labute approximate surface area is 132 Å². The Morgan fingerprint density at radius 3 is 2.45 bits per heavy atom. The fourth-order valence-corrected chi connectivity index (χ4v) is 2.74. The summed E-state index contributed by atoms with van der Waals surface area (Å²) >= 11 is 0. The number of fused-ring (bicyclic) bond motifs is 1. The van der Waals surface area contributed by atoms with Gasteiger partial charge in [-0.25, -0.2) is 9.97 Å². The summed E-state index contributed by atoms with van der Waals surface area (Å²) in [5.41, 5.74) is 2.95. The van der Waals surface area contributed by atoms with Gasteiger partial charge >= 0.3 is 0 Å². The summed E-state index contributed by atoms with van der Waals surface area (Å²) < 4.78 is 1.98. The Bertz CT molecular complexity index is 615. The highest BCUT2D eigenvalue weighted by Crippen LogP contribution is 2.23. The average Bonchev–Trinajstić information content (AvgIpc) is 2.83. The molecule has 2 rings (SSSR count). The molecule has 0 amide bonds. The molecule has 0 atom stereocenters. The summed E-state index contributed by atoms with van der Waals surface area (Å²) in [6.45, 7) is 15.5. The molecular formula is C16H28N6. The van der Waals surface area contributed by atoms with E-state index in [4.69, 9.17) is 0 Å². The first-order valence-corrected chi connectivity index (χ1v) is 8.28. The number of anilines is 1. The van der Waals surface area contributed by atoms with Crippen LogP contribution in [0.25, 0.3) is 11.0 Å². The molecule has 1 N–H and O–H groups in total. The largest absolute Gasteiger partial charge is 0.368 e. The molecule has 22 heavy (non-hydrogen) atoms. The van der Waals surface area contributed by atoms with Crippen LogP contribution < -0.4 is 5.32 Å². The fraction of sp³-hybridized carbons (Fsp3) is 0.688. The van der Waals surface area contributed by atoms with Crippen LogP contribution >= 0.6 is 0 Å². The van der Waals surface area contributed by atoms with Gasteiger partial charge in [-0.1, -0.05) is 13.8 Å². The number of hydrogen-bond acceptors (Lipinski definition) is 5. The maximum absolute atomic E-state index is 4.58. The minimum atomic E-state index is 0.789. The predicted octanol–water partition coefficient (Wildman–Crippen LogP) is 2.61. The van der Waals surface area contributed by atoms with Crippen LogP contribution in [-0.4, -0.2) is 50.8 Å². The molecule has 0 bridgehead atoms. The molecule has 0 aliphatic carbocycles. The molecule has 0 aromatic carbocycles. The van der Waals surface area contributed by atoms with E-state index in [-0.39, 0.29) is 0 Å². The second kappa shape index (κ2) is 7.54. The number of aromatic nitrogens is 4.